The quantitative estimate of drug-likeness (QED) is 0.690. The Kier molecular flexibility index (Phi) is 2.82. The van der Waals surface area contributed by atoms with Crippen molar-refractivity contribution in [1.29, 1.82) is 0 Å². The van der Waals surface area contributed by atoms with E-state index in [0.717, 1.165) is 6.07 Å². The maximum atomic E-state index is 12.4. The summed E-state index contributed by atoms with van der Waals surface area (Å²) in [6, 6.07) is 4.00. The molecule has 0 radical (unpaired) electrons. The molecule has 0 amide bonds. The first-order valence-corrected chi connectivity index (χ1v) is 3.84. The predicted octanol–water partition coefficient (Wildman–Crippen LogP) is 2.34. The number of nitrogens with two attached hydrogens (primary N) is 1. The Bertz CT molecular complexity index is 362. The van der Waals surface area contributed by atoms with Crippen molar-refractivity contribution in [3.8, 4) is 12.3 Å². The van der Waals surface area contributed by atoms with Gasteiger partial charge in [-0.1, -0.05) is 24.1 Å². The minimum absolute atomic E-state index is 0.0671. The Morgan fingerprint density at radius 2 is 1.86 bits per heavy atom. The van der Waals surface area contributed by atoms with Gasteiger partial charge in [0.15, 0.2) is 0 Å². The second-order valence-corrected chi connectivity index (χ2v) is 2.73. The third-order valence-electron chi connectivity index (χ3n) is 1.78. The van der Waals surface area contributed by atoms with E-state index < -0.39 is 17.8 Å². The van der Waals surface area contributed by atoms with Gasteiger partial charge in [0.25, 0.3) is 0 Å². The lowest BCUT2D eigenvalue weighted by molar-refractivity contribution is -0.138. The highest BCUT2D eigenvalue weighted by molar-refractivity contribution is 5.35. The molecule has 1 nitrogen and oxygen atoms in total. The predicted molar refractivity (Wildman–Crippen MR) is 47.2 cm³/mol. The molecule has 0 spiro atoms. The fraction of sp³-hybridized carbons (Fsp3) is 0.200. The number of hydrogen-bond donors (Lipinski definition) is 1. The summed E-state index contributed by atoms with van der Waals surface area (Å²) in [6.07, 6.45) is 0.562. The average molecular weight is 199 g/mol. The molecule has 0 aliphatic rings. The van der Waals surface area contributed by atoms with Crippen molar-refractivity contribution in [1.82, 2.24) is 0 Å². The van der Waals surface area contributed by atoms with Crippen molar-refractivity contribution in [2.75, 3.05) is 0 Å². The monoisotopic (exact) mass is 199 g/mol. The highest BCUT2D eigenvalue weighted by Crippen LogP contribution is 2.33. The Balaban J connectivity index is 3.25. The van der Waals surface area contributed by atoms with Crippen LogP contribution in [0.1, 0.15) is 17.2 Å². The summed E-state index contributed by atoms with van der Waals surface area (Å²) in [4.78, 5) is 0. The summed E-state index contributed by atoms with van der Waals surface area (Å²) in [5.41, 5.74) is 4.52. The first-order chi connectivity index (χ1) is 6.46. The van der Waals surface area contributed by atoms with Crippen LogP contribution in [-0.4, -0.2) is 0 Å². The van der Waals surface area contributed by atoms with Crippen molar-refractivity contribution >= 4 is 0 Å². The molecule has 1 atom stereocenters. The van der Waals surface area contributed by atoms with Crippen LogP contribution in [0, 0.1) is 12.3 Å². The third kappa shape index (κ3) is 2.06. The van der Waals surface area contributed by atoms with Crippen molar-refractivity contribution in [3.63, 3.8) is 0 Å². The third-order valence-corrected chi connectivity index (χ3v) is 1.78. The van der Waals surface area contributed by atoms with Crippen LogP contribution in [0.5, 0.6) is 0 Å². The molecule has 0 heterocycles. The van der Waals surface area contributed by atoms with Crippen molar-refractivity contribution in [2.45, 2.75) is 12.2 Å². The van der Waals surface area contributed by atoms with Crippen LogP contribution in [0.3, 0.4) is 0 Å². The summed E-state index contributed by atoms with van der Waals surface area (Å²) in [5, 5.41) is 0. The number of halogens is 3. The minimum Gasteiger partial charge on any atom is -0.314 e. The van der Waals surface area contributed by atoms with Crippen LogP contribution in [-0.2, 0) is 6.18 Å². The second-order valence-electron chi connectivity index (χ2n) is 2.73. The fourth-order valence-electron chi connectivity index (χ4n) is 1.12. The topological polar surface area (TPSA) is 26.0 Å². The van der Waals surface area contributed by atoms with Gasteiger partial charge in [-0.3, -0.25) is 0 Å². The number of benzene rings is 1. The molecular formula is C10H8F3N. The lowest BCUT2D eigenvalue weighted by Crippen LogP contribution is -2.15. The van der Waals surface area contributed by atoms with E-state index in [1.54, 1.807) is 0 Å². The Hall–Kier alpha value is -1.47. The van der Waals surface area contributed by atoms with Gasteiger partial charge in [-0.2, -0.15) is 13.2 Å². The van der Waals surface area contributed by atoms with E-state index in [1.807, 2.05) is 0 Å². The van der Waals surface area contributed by atoms with E-state index in [9.17, 15) is 13.2 Å². The smallest absolute Gasteiger partial charge is 0.314 e. The maximum absolute atomic E-state index is 12.4. The van der Waals surface area contributed by atoms with Crippen molar-refractivity contribution in [3.05, 3.63) is 35.4 Å². The largest absolute Gasteiger partial charge is 0.416 e. The van der Waals surface area contributed by atoms with E-state index in [4.69, 9.17) is 12.2 Å². The van der Waals surface area contributed by atoms with Gasteiger partial charge >= 0.3 is 6.18 Å². The number of alkyl halides is 3. The molecule has 0 aliphatic heterocycles. The highest BCUT2D eigenvalue weighted by Gasteiger charge is 2.33. The van der Waals surface area contributed by atoms with Gasteiger partial charge in [-0.05, 0) is 11.6 Å². The SMILES string of the molecule is C#C[C@H](N)c1ccccc1C(F)(F)F. The molecule has 0 saturated carbocycles. The zero-order valence-corrected chi connectivity index (χ0v) is 7.18. The minimum atomic E-state index is -4.41. The number of hydrogen-bond acceptors (Lipinski definition) is 1. The van der Waals surface area contributed by atoms with Gasteiger partial charge in [-0.15, -0.1) is 6.42 Å². The highest BCUT2D eigenvalue weighted by atomic mass is 19.4. The van der Waals surface area contributed by atoms with Gasteiger partial charge in [0.05, 0.1) is 11.6 Å². The van der Waals surface area contributed by atoms with Gasteiger partial charge < -0.3 is 5.73 Å². The molecule has 4 heteroatoms. The van der Waals surface area contributed by atoms with E-state index in [1.165, 1.54) is 18.2 Å². The molecule has 0 aliphatic carbocycles. The van der Waals surface area contributed by atoms with Crippen LogP contribution in [0.4, 0.5) is 13.2 Å². The second kappa shape index (κ2) is 3.72. The number of rotatable bonds is 1. The molecule has 1 aromatic carbocycles. The van der Waals surface area contributed by atoms with Crippen LogP contribution < -0.4 is 5.73 Å². The molecule has 74 valence electrons. The molecule has 14 heavy (non-hydrogen) atoms. The summed E-state index contributed by atoms with van der Waals surface area (Å²) >= 11 is 0. The average Bonchev–Trinajstić information content (AvgIpc) is 2.15. The summed E-state index contributed by atoms with van der Waals surface area (Å²) in [6.45, 7) is 0. The molecule has 1 rings (SSSR count). The van der Waals surface area contributed by atoms with E-state index >= 15 is 0 Å². The summed E-state index contributed by atoms with van der Waals surface area (Å²) < 4.78 is 37.3. The van der Waals surface area contributed by atoms with Gasteiger partial charge in [0.2, 0.25) is 0 Å². The van der Waals surface area contributed by atoms with Crippen molar-refractivity contribution in [2.24, 2.45) is 5.73 Å². The maximum Gasteiger partial charge on any atom is 0.416 e. The zero-order chi connectivity index (χ0) is 10.8. The normalized spacial score (nSPS) is 13.4. The molecule has 1 aromatic rings. The summed E-state index contributed by atoms with van der Waals surface area (Å²) in [7, 11) is 0. The molecule has 0 bridgehead atoms. The molecule has 0 fully saturated rings. The zero-order valence-electron chi connectivity index (χ0n) is 7.18. The fourth-order valence-corrected chi connectivity index (χ4v) is 1.12. The van der Waals surface area contributed by atoms with Gasteiger partial charge in [0, 0.05) is 0 Å². The first kappa shape index (κ1) is 10.6. The molecular weight excluding hydrogens is 191 g/mol. The lowest BCUT2D eigenvalue weighted by Gasteiger charge is -2.14. The van der Waals surface area contributed by atoms with Crippen LogP contribution in [0.25, 0.3) is 0 Å². The molecule has 0 saturated heterocycles. The number of terminal acetylenes is 1. The summed E-state index contributed by atoms with van der Waals surface area (Å²) in [5.74, 6) is 2.07. The van der Waals surface area contributed by atoms with E-state index in [-0.39, 0.29) is 5.56 Å². The Morgan fingerprint density at radius 3 is 2.36 bits per heavy atom. The Morgan fingerprint density at radius 1 is 1.29 bits per heavy atom. The first-order valence-electron chi connectivity index (χ1n) is 3.84. The van der Waals surface area contributed by atoms with Crippen molar-refractivity contribution < 1.29 is 13.2 Å². The van der Waals surface area contributed by atoms with E-state index in [0.29, 0.717) is 0 Å². The Labute approximate surface area is 79.7 Å². The van der Waals surface area contributed by atoms with Gasteiger partial charge in [0.1, 0.15) is 0 Å². The molecule has 0 aromatic heterocycles. The van der Waals surface area contributed by atoms with Gasteiger partial charge in [-0.25, -0.2) is 0 Å². The van der Waals surface area contributed by atoms with Crippen LogP contribution >= 0.6 is 0 Å². The standard InChI is InChI=1S/C10H8F3N/c1-2-9(14)7-5-3-4-6-8(7)10(11,12)13/h1,3-6,9H,14H2/t9-/m0/s1. The van der Waals surface area contributed by atoms with E-state index in [2.05, 4.69) is 5.92 Å². The molecule has 2 N–H and O–H groups in total. The van der Waals surface area contributed by atoms with Crippen LogP contribution in [0.2, 0.25) is 0 Å². The van der Waals surface area contributed by atoms with Crippen LogP contribution in [0.15, 0.2) is 24.3 Å². The molecule has 0 unspecified atom stereocenters. The lowest BCUT2D eigenvalue weighted by atomic mass is 10.0.